The highest BCUT2D eigenvalue weighted by atomic mass is 19.4. The zero-order valence-electron chi connectivity index (χ0n) is 22.8. The second-order valence-electron chi connectivity index (χ2n) is 9.33. The predicted octanol–water partition coefficient (Wildman–Crippen LogP) is 4.04. The smallest absolute Gasteiger partial charge is 0.475 e. The van der Waals surface area contributed by atoms with Crippen LogP contribution in [-0.4, -0.2) is 99.5 Å². The summed E-state index contributed by atoms with van der Waals surface area (Å²) in [5.74, 6) is -7.72. The number of carbonyl (C=O) groups is 3. The van der Waals surface area contributed by atoms with Crippen LogP contribution in [0.5, 0.6) is 0 Å². The minimum Gasteiger partial charge on any atom is -0.475 e. The van der Waals surface area contributed by atoms with E-state index >= 15 is 0 Å². The van der Waals surface area contributed by atoms with Crippen molar-refractivity contribution < 1.29 is 78.7 Å². The SMILES string of the molecule is O=C(O)C(F)(F)F.O=C(O)C(F)(F)F.O=C(O)C(F)(F)F.c1ccc(CN2C[C@@H]3COC[C@]3(COCc3cccnc3)C2)nc1. The van der Waals surface area contributed by atoms with Crippen LogP contribution >= 0.6 is 0 Å². The Morgan fingerprint density at radius 2 is 1.44 bits per heavy atom. The van der Waals surface area contributed by atoms with E-state index < -0.39 is 36.4 Å². The van der Waals surface area contributed by atoms with Crippen LogP contribution in [0.4, 0.5) is 39.5 Å². The van der Waals surface area contributed by atoms with Gasteiger partial charge in [-0.05, 0) is 23.8 Å². The van der Waals surface area contributed by atoms with Gasteiger partial charge in [0.25, 0.3) is 0 Å². The van der Waals surface area contributed by atoms with Gasteiger partial charge in [0.05, 0.1) is 32.1 Å². The number of pyridine rings is 2. The van der Waals surface area contributed by atoms with Crippen LogP contribution in [0.2, 0.25) is 0 Å². The molecule has 0 bridgehead atoms. The lowest BCUT2D eigenvalue weighted by atomic mass is 9.82. The van der Waals surface area contributed by atoms with E-state index in [9.17, 15) is 39.5 Å². The van der Waals surface area contributed by atoms with Crippen LogP contribution in [0, 0.1) is 11.3 Å². The number of likely N-dealkylation sites (tertiary alicyclic amines) is 1. The van der Waals surface area contributed by atoms with E-state index in [-0.39, 0.29) is 5.41 Å². The molecule has 3 N–H and O–H groups in total. The number of aliphatic carboxylic acids is 3. The molecule has 0 radical (unpaired) electrons. The van der Waals surface area contributed by atoms with Gasteiger partial charge in [-0.1, -0.05) is 12.1 Å². The highest BCUT2D eigenvalue weighted by Gasteiger charge is 2.50. The van der Waals surface area contributed by atoms with Gasteiger partial charge in [0.1, 0.15) is 0 Å². The van der Waals surface area contributed by atoms with Gasteiger partial charge >= 0.3 is 36.4 Å². The largest absolute Gasteiger partial charge is 0.490 e. The molecule has 0 unspecified atom stereocenters. The first-order valence-corrected chi connectivity index (χ1v) is 12.2. The molecule has 252 valence electrons. The highest BCUT2D eigenvalue weighted by molar-refractivity contribution is 5.73. The highest BCUT2D eigenvalue weighted by Crippen LogP contribution is 2.42. The van der Waals surface area contributed by atoms with Crippen LogP contribution in [0.1, 0.15) is 11.3 Å². The average molecular weight is 667 g/mol. The van der Waals surface area contributed by atoms with Crippen molar-refractivity contribution >= 4 is 17.9 Å². The molecule has 2 atom stereocenters. The zero-order valence-corrected chi connectivity index (χ0v) is 22.8. The van der Waals surface area contributed by atoms with Crippen LogP contribution in [-0.2, 0) is 37.0 Å². The summed E-state index contributed by atoms with van der Waals surface area (Å²) in [5.41, 5.74) is 2.37. The van der Waals surface area contributed by atoms with E-state index in [1.807, 2.05) is 24.5 Å². The third-order valence-corrected chi connectivity index (χ3v) is 5.81. The van der Waals surface area contributed by atoms with Crippen molar-refractivity contribution in [2.75, 3.05) is 32.9 Å². The summed E-state index contributed by atoms with van der Waals surface area (Å²) in [6.07, 6.45) is -9.74. The first-order chi connectivity index (χ1) is 20.7. The van der Waals surface area contributed by atoms with Crippen LogP contribution < -0.4 is 0 Å². The Hall–Kier alpha value is -4.04. The molecule has 4 heterocycles. The minimum atomic E-state index is -5.08. The van der Waals surface area contributed by atoms with Crippen molar-refractivity contribution in [3.05, 3.63) is 60.2 Å². The third kappa shape index (κ3) is 14.5. The van der Waals surface area contributed by atoms with Crippen molar-refractivity contribution in [1.82, 2.24) is 14.9 Å². The number of ether oxygens (including phenoxy) is 2. The average Bonchev–Trinajstić information content (AvgIpc) is 3.46. The third-order valence-electron chi connectivity index (χ3n) is 5.81. The molecule has 2 aromatic rings. The quantitative estimate of drug-likeness (QED) is 0.382. The predicted molar refractivity (Wildman–Crippen MR) is 131 cm³/mol. The monoisotopic (exact) mass is 667 g/mol. The molecule has 2 saturated heterocycles. The maximum Gasteiger partial charge on any atom is 0.490 e. The number of halogens is 9. The van der Waals surface area contributed by atoms with E-state index in [1.165, 1.54) is 0 Å². The molecule has 4 rings (SSSR count). The van der Waals surface area contributed by atoms with Gasteiger partial charge in [-0.15, -0.1) is 0 Å². The molecule has 2 fully saturated rings. The first-order valence-electron chi connectivity index (χ1n) is 12.2. The lowest BCUT2D eigenvalue weighted by Crippen LogP contribution is -2.35. The number of carboxylic acids is 3. The van der Waals surface area contributed by atoms with E-state index in [1.54, 1.807) is 6.20 Å². The van der Waals surface area contributed by atoms with Gasteiger partial charge in [0, 0.05) is 49.6 Å². The van der Waals surface area contributed by atoms with Gasteiger partial charge in [0.2, 0.25) is 0 Å². The fourth-order valence-corrected chi connectivity index (χ4v) is 3.84. The Balaban J connectivity index is 0.000000396. The Morgan fingerprint density at radius 3 is 1.89 bits per heavy atom. The van der Waals surface area contributed by atoms with Gasteiger partial charge in [0.15, 0.2) is 0 Å². The van der Waals surface area contributed by atoms with E-state index in [0.717, 1.165) is 50.7 Å². The maximum absolute atomic E-state index is 10.6. The fraction of sp³-hybridized carbons (Fsp3) is 0.480. The number of nitrogens with zero attached hydrogens (tertiary/aromatic N) is 3. The molecule has 0 saturated carbocycles. The second kappa shape index (κ2) is 16.9. The summed E-state index contributed by atoms with van der Waals surface area (Å²) >= 11 is 0. The van der Waals surface area contributed by atoms with Gasteiger partial charge in [-0.2, -0.15) is 39.5 Å². The molecule has 0 aromatic carbocycles. The Labute approximate surface area is 248 Å². The molecule has 2 aliphatic heterocycles. The van der Waals surface area contributed by atoms with Crippen molar-refractivity contribution in [3.63, 3.8) is 0 Å². The van der Waals surface area contributed by atoms with E-state index in [2.05, 4.69) is 33.1 Å². The van der Waals surface area contributed by atoms with Crippen molar-refractivity contribution in [2.24, 2.45) is 11.3 Å². The van der Waals surface area contributed by atoms with E-state index in [4.69, 9.17) is 39.2 Å². The summed E-state index contributed by atoms with van der Waals surface area (Å²) in [5, 5.41) is 21.4. The number of rotatable bonds is 6. The van der Waals surface area contributed by atoms with Crippen molar-refractivity contribution in [3.8, 4) is 0 Å². The molecule has 20 heteroatoms. The van der Waals surface area contributed by atoms with Crippen molar-refractivity contribution in [1.29, 1.82) is 0 Å². The minimum absolute atomic E-state index is 0.122. The standard InChI is InChI=1S/C19H23N3O2.3C2HF3O2/c1-2-7-21-18(5-1)10-22-9-17-12-24-15-19(17,13-22)14-23-11-16-4-3-6-20-8-16;3*3-2(4,5)1(6)7/h1-8,17H,9-15H2;3*(H,6,7)/t17-,19-;;;/m1.../s1. The number of hydrogen-bond donors (Lipinski definition) is 3. The van der Waals surface area contributed by atoms with Gasteiger partial charge < -0.3 is 24.8 Å². The summed E-state index contributed by atoms with van der Waals surface area (Å²) < 4.78 is 107. The Bertz CT molecular complexity index is 1160. The Morgan fingerprint density at radius 1 is 0.889 bits per heavy atom. The lowest BCUT2D eigenvalue weighted by molar-refractivity contribution is -0.193. The summed E-state index contributed by atoms with van der Waals surface area (Å²) in [7, 11) is 0. The molecule has 2 aliphatic rings. The Kier molecular flexibility index (Phi) is 14.6. The number of hydrogen-bond acceptors (Lipinski definition) is 8. The normalized spacial score (nSPS) is 19.4. The molecule has 0 amide bonds. The van der Waals surface area contributed by atoms with Crippen LogP contribution in [0.3, 0.4) is 0 Å². The molecule has 2 aromatic heterocycles. The first kappa shape index (κ1) is 39.0. The number of fused-ring (bicyclic) bond motifs is 1. The molecular formula is C25H26F9N3O8. The van der Waals surface area contributed by atoms with Crippen LogP contribution in [0.15, 0.2) is 48.9 Å². The molecule has 0 spiro atoms. The van der Waals surface area contributed by atoms with Crippen molar-refractivity contribution in [2.45, 2.75) is 31.7 Å². The summed E-state index contributed by atoms with van der Waals surface area (Å²) in [4.78, 5) is 37.8. The molecule has 0 aliphatic carbocycles. The van der Waals surface area contributed by atoms with Gasteiger partial charge in [-0.25, -0.2) is 14.4 Å². The molecule has 45 heavy (non-hydrogen) atoms. The number of alkyl halides is 9. The summed E-state index contributed by atoms with van der Waals surface area (Å²) in [6, 6.07) is 10.1. The van der Waals surface area contributed by atoms with Gasteiger partial charge in [-0.3, -0.25) is 14.9 Å². The zero-order chi connectivity index (χ0) is 34.5. The summed E-state index contributed by atoms with van der Waals surface area (Å²) in [6.45, 7) is 5.97. The maximum atomic E-state index is 10.6. The lowest BCUT2D eigenvalue weighted by Gasteiger charge is -2.27. The van der Waals surface area contributed by atoms with Crippen LogP contribution in [0.25, 0.3) is 0 Å². The second-order valence-corrected chi connectivity index (χ2v) is 9.33. The fourth-order valence-electron chi connectivity index (χ4n) is 3.84. The number of aromatic nitrogens is 2. The molecular weight excluding hydrogens is 641 g/mol. The van der Waals surface area contributed by atoms with E-state index in [0.29, 0.717) is 12.5 Å². The number of carboxylic acid groups (broad SMARTS) is 3. The molecule has 11 nitrogen and oxygen atoms in total. The topological polar surface area (TPSA) is 159 Å².